The molecule has 0 amide bonds. The lowest BCUT2D eigenvalue weighted by Crippen LogP contribution is -2.09. The minimum absolute atomic E-state index is 0.278. The molecule has 0 aromatic heterocycles. The van der Waals surface area contributed by atoms with E-state index in [2.05, 4.69) is 5.32 Å². The van der Waals surface area contributed by atoms with E-state index in [0.717, 1.165) is 17.5 Å². The van der Waals surface area contributed by atoms with Crippen LogP contribution in [0.3, 0.4) is 0 Å². The summed E-state index contributed by atoms with van der Waals surface area (Å²) in [5, 5.41) is 12.3. The quantitative estimate of drug-likeness (QED) is 0.879. The molecule has 4 nitrogen and oxygen atoms in total. The molecule has 22 heavy (non-hydrogen) atoms. The standard InChI is InChI=1S/C17H16N2O2S/c1-13-8-10-14(11-9-13)17(16(12-18)22(2,20)21)19-15-6-4-3-5-7-15/h3-11,19H,1-2H3/b17-16+. The van der Waals surface area contributed by atoms with Crippen LogP contribution in [-0.4, -0.2) is 14.7 Å². The van der Waals surface area contributed by atoms with Crippen molar-refractivity contribution in [1.82, 2.24) is 0 Å². The van der Waals surface area contributed by atoms with E-state index in [1.807, 2.05) is 49.4 Å². The molecule has 2 rings (SSSR count). The van der Waals surface area contributed by atoms with Gasteiger partial charge in [-0.15, -0.1) is 0 Å². The van der Waals surface area contributed by atoms with Gasteiger partial charge >= 0.3 is 0 Å². The Bertz CT molecular complexity index is 830. The molecule has 1 N–H and O–H groups in total. The van der Waals surface area contributed by atoms with Gasteiger partial charge in [0.15, 0.2) is 14.7 Å². The normalized spacial score (nSPS) is 12.2. The third kappa shape index (κ3) is 3.74. The van der Waals surface area contributed by atoms with Crippen molar-refractivity contribution in [2.24, 2.45) is 0 Å². The predicted octanol–water partition coefficient (Wildman–Crippen LogP) is 3.34. The highest BCUT2D eigenvalue weighted by Crippen LogP contribution is 2.24. The van der Waals surface area contributed by atoms with Gasteiger partial charge in [-0.3, -0.25) is 0 Å². The van der Waals surface area contributed by atoms with Crippen molar-refractivity contribution < 1.29 is 8.42 Å². The Labute approximate surface area is 130 Å². The molecule has 0 atom stereocenters. The van der Waals surface area contributed by atoms with E-state index < -0.39 is 9.84 Å². The molecule has 0 aliphatic rings. The molecule has 2 aromatic carbocycles. The minimum Gasteiger partial charge on any atom is -0.353 e. The van der Waals surface area contributed by atoms with E-state index in [1.54, 1.807) is 18.2 Å². The van der Waals surface area contributed by atoms with Crippen LogP contribution >= 0.6 is 0 Å². The second-order valence-corrected chi connectivity index (χ2v) is 6.90. The van der Waals surface area contributed by atoms with Crippen LogP contribution in [0.2, 0.25) is 0 Å². The average molecular weight is 312 g/mol. The smallest absolute Gasteiger partial charge is 0.187 e. The van der Waals surface area contributed by atoms with Crippen molar-refractivity contribution in [3.8, 4) is 6.07 Å². The molecule has 0 aliphatic heterocycles. The molecule has 0 saturated heterocycles. The van der Waals surface area contributed by atoms with Crippen molar-refractivity contribution in [3.63, 3.8) is 0 Å². The fourth-order valence-electron chi connectivity index (χ4n) is 1.97. The first-order valence-corrected chi connectivity index (χ1v) is 8.54. The van der Waals surface area contributed by atoms with E-state index in [4.69, 9.17) is 0 Å². The summed E-state index contributed by atoms with van der Waals surface area (Å²) in [6, 6.07) is 18.3. The van der Waals surface area contributed by atoms with Gasteiger partial charge < -0.3 is 5.32 Å². The molecular weight excluding hydrogens is 296 g/mol. The summed E-state index contributed by atoms with van der Waals surface area (Å²) >= 11 is 0. The maximum atomic E-state index is 11.9. The first-order chi connectivity index (χ1) is 10.4. The lowest BCUT2D eigenvalue weighted by atomic mass is 10.1. The summed E-state index contributed by atoms with van der Waals surface area (Å²) in [6.07, 6.45) is 1.03. The Hall–Kier alpha value is -2.58. The maximum absolute atomic E-state index is 11.9. The van der Waals surface area contributed by atoms with Crippen molar-refractivity contribution in [3.05, 3.63) is 70.6 Å². The van der Waals surface area contributed by atoms with E-state index in [-0.39, 0.29) is 10.6 Å². The van der Waals surface area contributed by atoms with E-state index in [1.165, 1.54) is 0 Å². The number of benzene rings is 2. The molecule has 0 bridgehead atoms. The zero-order valence-corrected chi connectivity index (χ0v) is 13.2. The second kappa shape index (κ2) is 6.46. The first kappa shape index (κ1) is 15.8. The molecule has 112 valence electrons. The van der Waals surface area contributed by atoms with Crippen LogP contribution in [0.1, 0.15) is 11.1 Å². The Kier molecular flexibility index (Phi) is 4.64. The number of aryl methyl sites for hydroxylation is 1. The van der Waals surface area contributed by atoms with E-state index in [9.17, 15) is 13.7 Å². The van der Waals surface area contributed by atoms with Crippen molar-refractivity contribution in [1.29, 1.82) is 5.26 Å². The molecule has 0 saturated carbocycles. The number of rotatable bonds is 4. The van der Waals surface area contributed by atoms with Gasteiger partial charge in [0, 0.05) is 17.5 Å². The number of hydrogen-bond acceptors (Lipinski definition) is 4. The number of anilines is 1. The van der Waals surface area contributed by atoms with Crippen LogP contribution in [0.25, 0.3) is 5.70 Å². The van der Waals surface area contributed by atoms with Gasteiger partial charge in [0.2, 0.25) is 0 Å². The van der Waals surface area contributed by atoms with Crippen LogP contribution in [0.15, 0.2) is 59.5 Å². The van der Waals surface area contributed by atoms with Crippen LogP contribution in [0.4, 0.5) is 5.69 Å². The topological polar surface area (TPSA) is 70.0 Å². The summed E-state index contributed by atoms with van der Waals surface area (Å²) in [5.41, 5.74) is 2.71. The summed E-state index contributed by atoms with van der Waals surface area (Å²) in [4.78, 5) is -0.278. The Morgan fingerprint density at radius 3 is 2.14 bits per heavy atom. The van der Waals surface area contributed by atoms with Gasteiger partial charge in [-0.05, 0) is 19.1 Å². The molecule has 0 aliphatic carbocycles. The van der Waals surface area contributed by atoms with Crippen LogP contribution in [0.5, 0.6) is 0 Å². The molecule has 2 aromatic rings. The van der Waals surface area contributed by atoms with Crippen LogP contribution < -0.4 is 5.32 Å². The Morgan fingerprint density at radius 1 is 1.05 bits per heavy atom. The number of allylic oxidation sites excluding steroid dienone is 1. The second-order valence-electron chi connectivity index (χ2n) is 4.95. The fourth-order valence-corrected chi connectivity index (χ4v) is 2.68. The number of nitrogens with zero attached hydrogens (tertiary/aromatic N) is 1. The fraction of sp³-hybridized carbons (Fsp3) is 0.118. The van der Waals surface area contributed by atoms with Crippen molar-refractivity contribution >= 4 is 21.2 Å². The molecule has 0 spiro atoms. The summed E-state index contributed by atoms with van der Waals surface area (Å²) in [5.74, 6) is 0. The number of nitrogens with one attached hydrogen (secondary N) is 1. The highest BCUT2D eigenvalue weighted by atomic mass is 32.2. The van der Waals surface area contributed by atoms with Gasteiger partial charge in [-0.1, -0.05) is 48.0 Å². The van der Waals surface area contributed by atoms with Gasteiger partial charge in [-0.2, -0.15) is 5.26 Å². The van der Waals surface area contributed by atoms with E-state index >= 15 is 0 Å². The lowest BCUT2D eigenvalue weighted by molar-refractivity contribution is 0.608. The van der Waals surface area contributed by atoms with Crippen LogP contribution in [-0.2, 0) is 9.84 Å². The highest BCUT2D eigenvalue weighted by Gasteiger charge is 2.19. The van der Waals surface area contributed by atoms with Crippen LogP contribution in [0, 0.1) is 18.3 Å². The molecular formula is C17H16N2O2S. The molecule has 0 radical (unpaired) electrons. The summed E-state index contributed by atoms with van der Waals surface area (Å²) in [7, 11) is -3.64. The number of nitriles is 1. The Morgan fingerprint density at radius 2 is 1.64 bits per heavy atom. The third-order valence-corrected chi connectivity index (χ3v) is 4.12. The molecule has 0 fully saturated rings. The van der Waals surface area contributed by atoms with Gasteiger partial charge in [-0.25, -0.2) is 8.42 Å². The lowest BCUT2D eigenvalue weighted by Gasteiger charge is -2.13. The molecule has 0 heterocycles. The van der Waals surface area contributed by atoms with Gasteiger partial charge in [0.25, 0.3) is 0 Å². The maximum Gasteiger partial charge on any atom is 0.187 e. The minimum atomic E-state index is -3.64. The summed E-state index contributed by atoms with van der Waals surface area (Å²) < 4.78 is 23.8. The van der Waals surface area contributed by atoms with Crippen molar-refractivity contribution in [2.45, 2.75) is 6.92 Å². The summed E-state index contributed by atoms with van der Waals surface area (Å²) in [6.45, 7) is 1.94. The predicted molar refractivity (Wildman–Crippen MR) is 88.6 cm³/mol. The van der Waals surface area contributed by atoms with Crippen molar-refractivity contribution in [2.75, 3.05) is 11.6 Å². The monoisotopic (exact) mass is 312 g/mol. The zero-order valence-electron chi connectivity index (χ0n) is 12.4. The number of hydrogen-bond donors (Lipinski definition) is 1. The Balaban J connectivity index is 2.62. The first-order valence-electron chi connectivity index (χ1n) is 6.65. The highest BCUT2D eigenvalue weighted by molar-refractivity contribution is 7.95. The van der Waals surface area contributed by atoms with Gasteiger partial charge in [0.1, 0.15) is 6.07 Å². The average Bonchev–Trinajstić information content (AvgIpc) is 2.47. The largest absolute Gasteiger partial charge is 0.353 e. The number of sulfone groups is 1. The van der Waals surface area contributed by atoms with E-state index in [0.29, 0.717) is 5.56 Å². The number of para-hydroxylation sites is 1. The SMILES string of the molecule is Cc1ccc(/C(Nc2ccccc2)=C(/C#N)S(C)(=O)=O)cc1. The zero-order chi connectivity index (χ0) is 16.2. The third-order valence-electron chi connectivity index (χ3n) is 3.08. The molecule has 0 unspecified atom stereocenters. The molecule has 5 heteroatoms. The van der Waals surface area contributed by atoms with Gasteiger partial charge in [0.05, 0.1) is 5.70 Å².